The normalized spacial score (nSPS) is 10.2. The van der Waals surface area contributed by atoms with E-state index in [2.05, 4.69) is 4.42 Å². The summed E-state index contributed by atoms with van der Waals surface area (Å²) in [6.45, 7) is 1.97. The van der Waals surface area contributed by atoms with Crippen molar-refractivity contribution in [2.45, 2.75) is 26.2 Å². The Balaban J connectivity index is 3.29. The lowest BCUT2D eigenvalue weighted by Gasteiger charge is -2.08. The van der Waals surface area contributed by atoms with Gasteiger partial charge in [0.15, 0.2) is 5.71 Å². The zero-order chi connectivity index (χ0) is 13.0. The van der Waals surface area contributed by atoms with Crippen LogP contribution in [-0.4, -0.2) is 16.8 Å². The Bertz CT molecular complexity index is 505. The highest BCUT2D eigenvalue weighted by atomic mass is 16.4. The van der Waals surface area contributed by atoms with Gasteiger partial charge in [-0.25, -0.2) is 9.59 Å². The molecule has 0 unspecified atom stereocenters. The number of unbranched alkanes of at least 4 members (excludes halogenated alkanes) is 1. The Morgan fingerprint density at radius 1 is 1.59 bits per heavy atom. The van der Waals surface area contributed by atoms with E-state index in [4.69, 9.17) is 16.2 Å². The molecule has 0 aliphatic heterocycles. The topological polar surface area (TPSA) is 117 Å². The van der Waals surface area contributed by atoms with Crippen molar-refractivity contribution in [1.82, 2.24) is 0 Å². The Kier molecular flexibility index (Phi) is 4.03. The van der Waals surface area contributed by atoms with E-state index in [1.54, 1.807) is 0 Å². The molecule has 6 heteroatoms. The fraction of sp³-hybridized carbons (Fsp3) is 0.364. The number of nitrogen functional groups attached to an aromatic ring is 1. The molecular weight excluding hydrogens is 224 g/mol. The SMILES string of the molecule is CCCCc1cc(=O)oc(N)c1C(=N)C(=O)O. The molecule has 0 bridgehead atoms. The van der Waals surface area contributed by atoms with Gasteiger partial charge in [-0.1, -0.05) is 13.3 Å². The van der Waals surface area contributed by atoms with Crippen molar-refractivity contribution >= 4 is 17.6 Å². The number of rotatable bonds is 5. The van der Waals surface area contributed by atoms with Gasteiger partial charge in [0.2, 0.25) is 5.88 Å². The molecule has 0 aromatic carbocycles. The summed E-state index contributed by atoms with van der Waals surface area (Å²) in [5, 5.41) is 16.2. The van der Waals surface area contributed by atoms with Crippen molar-refractivity contribution in [3.05, 3.63) is 27.6 Å². The van der Waals surface area contributed by atoms with Gasteiger partial charge in [0.25, 0.3) is 0 Å². The fourth-order valence-corrected chi connectivity index (χ4v) is 1.52. The number of aliphatic carboxylic acids is 1. The predicted octanol–water partition coefficient (Wildman–Crippen LogP) is 1.02. The predicted molar refractivity (Wildman–Crippen MR) is 62.5 cm³/mol. The average molecular weight is 238 g/mol. The largest absolute Gasteiger partial charge is 0.477 e. The number of carbonyl (C=O) groups is 1. The van der Waals surface area contributed by atoms with Crippen LogP contribution < -0.4 is 11.4 Å². The number of nitrogens with two attached hydrogens (primary N) is 1. The quantitative estimate of drug-likeness (QED) is 0.662. The minimum atomic E-state index is -1.40. The molecule has 0 saturated carbocycles. The lowest BCUT2D eigenvalue weighted by Crippen LogP contribution is -2.19. The maximum absolute atomic E-state index is 11.2. The molecule has 1 rings (SSSR count). The van der Waals surface area contributed by atoms with Gasteiger partial charge in [0.05, 0.1) is 5.56 Å². The first kappa shape index (κ1) is 13.0. The smallest absolute Gasteiger partial charge is 0.354 e. The van der Waals surface area contributed by atoms with Crippen LogP contribution in [0.1, 0.15) is 30.9 Å². The van der Waals surface area contributed by atoms with Crippen molar-refractivity contribution in [2.75, 3.05) is 5.73 Å². The highest BCUT2D eigenvalue weighted by Gasteiger charge is 2.20. The maximum atomic E-state index is 11.2. The minimum Gasteiger partial charge on any atom is -0.477 e. The zero-order valence-corrected chi connectivity index (χ0v) is 9.45. The van der Waals surface area contributed by atoms with Gasteiger partial charge >= 0.3 is 11.6 Å². The highest BCUT2D eigenvalue weighted by molar-refractivity contribution is 6.42. The first-order valence-corrected chi connectivity index (χ1v) is 5.22. The molecule has 0 radical (unpaired) electrons. The van der Waals surface area contributed by atoms with Crippen LogP contribution in [0.15, 0.2) is 15.3 Å². The van der Waals surface area contributed by atoms with Crippen molar-refractivity contribution in [1.29, 1.82) is 5.41 Å². The van der Waals surface area contributed by atoms with E-state index in [1.807, 2.05) is 6.92 Å². The summed E-state index contributed by atoms with van der Waals surface area (Å²) in [5.74, 6) is -1.71. The molecule has 6 nitrogen and oxygen atoms in total. The number of carboxylic acids is 1. The second-order valence-corrected chi connectivity index (χ2v) is 3.61. The lowest BCUT2D eigenvalue weighted by atomic mass is 10.0. The molecule has 92 valence electrons. The second kappa shape index (κ2) is 5.29. The number of carboxylic acid groups (broad SMARTS) is 1. The Hall–Kier alpha value is -2.11. The molecule has 1 aromatic rings. The molecule has 1 aromatic heterocycles. The van der Waals surface area contributed by atoms with Gasteiger partial charge in [-0.3, -0.25) is 5.41 Å². The van der Waals surface area contributed by atoms with Crippen LogP contribution in [0.25, 0.3) is 0 Å². The molecular formula is C11H14N2O4. The van der Waals surface area contributed by atoms with Crippen LogP contribution in [0.5, 0.6) is 0 Å². The molecule has 0 fully saturated rings. The third-order valence-corrected chi connectivity index (χ3v) is 2.33. The van der Waals surface area contributed by atoms with Crippen LogP contribution in [0.3, 0.4) is 0 Å². The van der Waals surface area contributed by atoms with Gasteiger partial charge < -0.3 is 15.3 Å². The summed E-state index contributed by atoms with van der Waals surface area (Å²) in [6, 6.07) is 1.19. The molecule has 4 N–H and O–H groups in total. The van der Waals surface area contributed by atoms with E-state index in [0.717, 1.165) is 12.8 Å². The van der Waals surface area contributed by atoms with E-state index in [0.29, 0.717) is 12.0 Å². The number of anilines is 1. The number of hydrogen-bond acceptors (Lipinski definition) is 5. The molecule has 1 heterocycles. The summed E-state index contributed by atoms with van der Waals surface area (Å²) < 4.78 is 4.62. The summed E-state index contributed by atoms with van der Waals surface area (Å²) in [6.07, 6.45) is 2.17. The third kappa shape index (κ3) is 2.93. The molecule has 0 atom stereocenters. The first-order chi connectivity index (χ1) is 7.97. The van der Waals surface area contributed by atoms with E-state index >= 15 is 0 Å². The van der Waals surface area contributed by atoms with Crippen LogP contribution in [0, 0.1) is 5.41 Å². The Morgan fingerprint density at radius 3 is 2.76 bits per heavy atom. The van der Waals surface area contributed by atoms with Gasteiger partial charge in [-0.2, -0.15) is 0 Å². The van der Waals surface area contributed by atoms with Gasteiger partial charge in [0, 0.05) is 6.07 Å². The van der Waals surface area contributed by atoms with Crippen LogP contribution in [-0.2, 0) is 11.2 Å². The molecule has 17 heavy (non-hydrogen) atoms. The fourth-order valence-electron chi connectivity index (χ4n) is 1.52. The molecule has 0 aliphatic carbocycles. The van der Waals surface area contributed by atoms with Gasteiger partial charge in [0.1, 0.15) is 0 Å². The molecule has 0 saturated heterocycles. The standard InChI is InChI=1S/C11H14N2O4/c1-2-3-4-6-5-7(14)17-10(13)8(6)9(12)11(15)16/h5,12H,2-4,13H2,1H3,(H,15,16). The van der Waals surface area contributed by atoms with Crippen molar-refractivity contribution < 1.29 is 14.3 Å². The number of aryl methyl sites for hydroxylation is 1. The van der Waals surface area contributed by atoms with Crippen molar-refractivity contribution in [2.24, 2.45) is 0 Å². The van der Waals surface area contributed by atoms with Gasteiger partial charge in [-0.05, 0) is 18.4 Å². The monoisotopic (exact) mass is 238 g/mol. The third-order valence-electron chi connectivity index (χ3n) is 2.33. The van der Waals surface area contributed by atoms with Crippen LogP contribution in [0.4, 0.5) is 5.88 Å². The Labute approximate surface area is 97.6 Å². The van der Waals surface area contributed by atoms with E-state index in [9.17, 15) is 9.59 Å². The number of nitrogens with one attached hydrogen (secondary N) is 1. The lowest BCUT2D eigenvalue weighted by molar-refractivity contribution is -0.129. The molecule has 0 spiro atoms. The van der Waals surface area contributed by atoms with E-state index in [1.165, 1.54) is 6.07 Å². The zero-order valence-electron chi connectivity index (χ0n) is 9.45. The van der Waals surface area contributed by atoms with Crippen LogP contribution in [0.2, 0.25) is 0 Å². The highest BCUT2D eigenvalue weighted by Crippen LogP contribution is 2.17. The summed E-state index contributed by atoms with van der Waals surface area (Å²) >= 11 is 0. The Morgan fingerprint density at radius 2 is 2.24 bits per heavy atom. The summed E-state index contributed by atoms with van der Waals surface area (Å²) in [5.41, 5.74) is 4.63. The van der Waals surface area contributed by atoms with Gasteiger partial charge in [-0.15, -0.1) is 0 Å². The summed E-state index contributed by atoms with van der Waals surface area (Å²) in [4.78, 5) is 21.9. The molecule has 0 aliphatic rings. The van der Waals surface area contributed by atoms with E-state index in [-0.39, 0.29) is 11.4 Å². The number of hydrogen-bond donors (Lipinski definition) is 3. The molecule has 0 amide bonds. The van der Waals surface area contributed by atoms with Crippen molar-refractivity contribution in [3.63, 3.8) is 0 Å². The average Bonchev–Trinajstić information content (AvgIpc) is 2.24. The van der Waals surface area contributed by atoms with Crippen molar-refractivity contribution in [3.8, 4) is 0 Å². The first-order valence-electron chi connectivity index (χ1n) is 5.22. The maximum Gasteiger partial charge on any atom is 0.354 e. The second-order valence-electron chi connectivity index (χ2n) is 3.61. The minimum absolute atomic E-state index is 0.00514. The van der Waals surface area contributed by atoms with Crippen LogP contribution >= 0.6 is 0 Å². The summed E-state index contributed by atoms with van der Waals surface area (Å²) in [7, 11) is 0. The van der Waals surface area contributed by atoms with E-state index < -0.39 is 17.3 Å².